The van der Waals surface area contributed by atoms with Gasteiger partial charge in [-0.3, -0.25) is 9.59 Å². The number of piperidine rings is 1. The zero-order chi connectivity index (χ0) is 17.8. The van der Waals surface area contributed by atoms with E-state index in [1.807, 2.05) is 30.1 Å². The summed E-state index contributed by atoms with van der Waals surface area (Å²) in [5, 5.41) is 8.93. The van der Waals surface area contributed by atoms with Crippen LogP contribution in [0.3, 0.4) is 0 Å². The monoisotopic (exact) mass is 342 g/mol. The van der Waals surface area contributed by atoms with Gasteiger partial charge in [0.15, 0.2) is 0 Å². The predicted octanol–water partition coefficient (Wildman–Crippen LogP) is 1.32. The number of hydrogen-bond acceptors (Lipinski definition) is 4. The van der Waals surface area contributed by atoms with E-state index in [9.17, 15) is 9.59 Å². The van der Waals surface area contributed by atoms with Gasteiger partial charge in [0.2, 0.25) is 5.91 Å². The summed E-state index contributed by atoms with van der Waals surface area (Å²) in [6.07, 6.45) is 3.55. The molecule has 6 heteroatoms. The maximum absolute atomic E-state index is 12.7. The molecule has 3 rings (SSSR count). The summed E-state index contributed by atoms with van der Waals surface area (Å²) < 4.78 is 1.33. The fourth-order valence-electron chi connectivity index (χ4n) is 3.58. The Morgan fingerprint density at radius 3 is 2.60 bits per heavy atom. The second kappa shape index (κ2) is 7.78. The number of carbonyl (C=O) groups excluding carboxylic acids is 1. The van der Waals surface area contributed by atoms with Crippen LogP contribution in [-0.4, -0.2) is 47.3 Å². The molecule has 0 radical (unpaired) electrons. The number of benzene rings is 1. The lowest BCUT2D eigenvalue weighted by Crippen LogP contribution is -2.40. The van der Waals surface area contributed by atoms with Gasteiger partial charge in [0.05, 0.1) is 17.5 Å². The predicted molar refractivity (Wildman–Crippen MR) is 98.5 cm³/mol. The first-order valence-electron chi connectivity index (χ1n) is 8.97. The Kier molecular flexibility index (Phi) is 5.48. The average molecular weight is 342 g/mol. The number of aryl methyl sites for hydroxylation is 1. The van der Waals surface area contributed by atoms with Gasteiger partial charge in [0.25, 0.3) is 5.56 Å². The normalized spacial score (nSPS) is 15.7. The SMILES string of the molecule is CNCCC1CCN(C(=O)Cc2nn(C)c(=O)c3ccccc23)CC1. The molecule has 1 saturated heterocycles. The Balaban J connectivity index is 1.71. The van der Waals surface area contributed by atoms with Crippen molar-refractivity contribution < 1.29 is 4.79 Å². The molecule has 2 heterocycles. The van der Waals surface area contributed by atoms with Crippen LogP contribution >= 0.6 is 0 Å². The van der Waals surface area contributed by atoms with Gasteiger partial charge >= 0.3 is 0 Å². The molecule has 1 aromatic heterocycles. The Hall–Kier alpha value is -2.21. The van der Waals surface area contributed by atoms with Crippen LogP contribution in [0, 0.1) is 5.92 Å². The Labute approximate surface area is 147 Å². The third-order valence-electron chi connectivity index (χ3n) is 5.12. The second-order valence-corrected chi connectivity index (χ2v) is 6.81. The Bertz CT molecular complexity index is 807. The third-order valence-corrected chi connectivity index (χ3v) is 5.12. The summed E-state index contributed by atoms with van der Waals surface area (Å²) >= 11 is 0. The van der Waals surface area contributed by atoms with Gasteiger partial charge in [0.1, 0.15) is 0 Å². The van der Waals surface area contributed by atoms with Crippen molar-refractivity contribution in [1.29, 1.82) is 0 Å². The van der Waals surface area contributed by atoms with Gasteiger partial charge in [0, 0.05) is 25.5 Å². The highest BCUT2D eigenvalue weighted by molar-refractivity contribution is 5.88. The molecule has 1 N–H and O–H groups in total. The smallest absolute Gasteiger partial charge is 0.274 e. The minimum absolute atomic E-state index is 0.100. The molecular formula is C19H26N4O2. The van der Waals surface area contributed by atoms with E-state index in [-0.39, 0.29) is 17.9 Å². The highest BCUT2D eigenvalue weighted by atomic mass is 16.2. The first kappa shape index (κ1) is 17.6. The number of likely N-dealkylation sites (tertiary alicyclic amines) is 1. The highest BCUT2D eigenvalue weighted by Gasteiger charge is 2.23. The van der Waals surface area contributed by atoms with Crippen LogP contribution in [0.5, 0.6) is 0 Å². The molecule has 1 amide bonds. The van der Waals surface area contributed by atoms with Crippen LogP contribution in [0.15, 0.2) is 29.1 Å². The minimum atomic E-state index is -0.128. The van der Waals surface area contributed by atoms with Crippen molar-refractivity contribution in [3.05, 3.63) is 40.3 Å². The van der Waals surface area contributed by atoms with Gasteiger partial charge in [-0.15, -0.1) is 0 Å². The fraction of sp³-hybridized carbons (Fsp3) is 0.526. The number of fused-ring (bicyclic) bond motifs is 1. The largest absolute Gasteiger partial charge is 0.342 e. The number of rotatable bonds is 5. The lowest BCUT2D eigenvalue weighted by atomic mass is 9.93. The number of amides is 1. The zero-order valence-corrected chi connectivity index (χ0v) is 15.0. The van der Waals surface area contributed by atoms with E-state index in [1.54, 1.807) is 13.1 Å². The summed E-state index contributed by atoms with van der Waals surface area (Å²) in [7, 11) is 3.61. The first-order chi connectivity index (χ1) is 12.1. The second-order valence-electron chi connectivity index (χ2n) is 6.81. The molecule has 2 aromatic rings. The summed E-state index contributed by atoms with van der Waals surface area (Å²) in [4.78, 5) is 26.8. The molecule has 0 spiro atoms. The number of aromatic nitrogens is 2. The van der Waals surface area contributed by atoms with Gasteiger partial charge in [-0.2, -0.15) is 5.10 Å². The topological polar surface area (TPSA) is 67.2 Å². The average Bonchev–Trinajstić information content (AvgIpc) is 2.64. The molecule has 6 nitrogen and oxygen atoms in total. The van der Waals surface area contributed by atoms with Gasteiger partial charge in [-0.05, 0) is 44.8 Å². The molecule has 1 aromatic carbocycles. The van der Waals surface area contributed by atoms with Gasteiger partial charge in [-0.1, -0.05) is 18.2 Å². The van der Waals surface area contributed by atoms with Crippen molar-refractivity contribution in [2.45, 2.75) is 25.7 Å². The van der Waals surface area contributed by atoms with Crippen molar-refractivity contribution in [1.82, 2.24) is 20.0 Å². The van der Waals surface area contributed by atoms with Crippen LogP contribution < -0.4 is 10.9 Å². The number of nitrogens with zero attached hydrogens (tertiary/aromatic N) is 3. The molecular weight excluding hydrogens is 316 g/mol. The molecule has 134 valence electrons. The highest BCUT2D eigenvalue weighted by Crippen LogP contribution is 2.21. The molecule has 0 unspecified atom stereocenters. The number of carbonyl (C=O) groups is 1. The molecule has 1 fully saturated rings. The third kappa shape index (κ3) is 3.90. The van der Waals surface area contributed by atoms with E-state index in [4.69, 9.17) is 0 Å². The van der Waals surface area contributed by atoms with Crippen molar-refractivity contribution >= 4 is 16.7 Å². The lowest BCUT2D eigenvalue weighted by Gasteiger charge is -2.32. The first-order valence-corrected chi connectivity index (χ1v) is 8.97. The van der Waals surface area contributed by atoms with E-state index in [0.29, 0.717) is 17.0 Å². The van der Waals surface area contributed by atoms with Gasteiger partial charge in [-0.25, -0.2) is 4.68 Å². The molecule has 1 aliphatic heterocycles. The molecule has 1 aliphatic rings. The van der Waals surface area contributed by atoms with E-state index < -0.39 is 0 Å². The summed E-state index contributed by atoms with van der Waals surface area (Å²) in [6, 6.07) is 7.38. The number of hydrogen-bond donors (Lipinski definition) is 1. The van der Waals surface area contributed by atoms with Crippen LogP contribution in [0.4, 0.5) is 0 Å². The summed E-state index contributed by atoms with van der Waals surface area (Å²) in [5.74, 6) is 0.802. The minimum Gasteiger partial charge on any atom is -0.342 e. The molecule has 0 bridgehead atoms. The summed E-state index contributed by atoms with van der Waals surface area (Å²) in [5.41, 5.74) is 0.553. The van der Waals surface area contributed by atoms with Crippen LogP contribution in [0.2, 0.25) is 0 Å². The van der Waals surface area contributed by atoms with Crippen molar-refractivity contribution in [2.75, 3.05) is 26.7 Å². The van der Waals surface area contributed by atoms with Crippen molar-refractivity contribution in [3.8, 4) is 0 Å². The standard InChI is InChI=1S/C19H26N4O2/c1-20-10-7-14-8-11-23(12-9-14)18(24)13-17-15-5-3-4-6-16(15)19(25)22(2)21-17/h3-6,14,20H,7-13H2,1-2H3. The van der Waals surface area contributed by atoms with E-state index in [2.05, 4.69) is 10.4 Å². The van der Waals surface area contributed by atoms with Crippen LogP contribution in [0.25, 0.3) is 10.8 Å². The maximum atomic E-state index is 12.7. The van der Waals surface area contributed by atoms with E-state index >= 15 is 0 Å². The zero-order valence-electron chi connectivity index (χ0n) is 15.0. The summed E-state index contributed by atoms with van der Waals surface area (Å²) in [6.45, 7) is 2.67. The molecule has 0 aliphatic carbocycles. The molecule has 0 atom stereocenters. The van der Waals surface area contributed by atoms with Gasteiger partial charge < -0.3 is 10.2 Å². The fourth-order valence-corrected chi connectivity index (χ4v) is 3.58. The maximum Gasteiger partial charge on any atom is 0.274 e. The molecule has 0 saturated carbocycles. The lowest BCUT2D eigenvalue weighted by molar-refractivity contribution is -0.131. The van der Waals surface area contributed by atoms with Crippen LogP contribution in [0.1, 0.15) is 25.0 Å². The molecule has 25 heavy (non-hydrogen) atoms. The van der Waals surface area contributed by atoms with E-state index in [1.165, 1.54) is 11.1 Å². The number of nitrogens with one attached hydrogen (secondary N) is 1. The van der Waals surface area contributed by atoms with E-state index in [0.717, 1.165) is 37.9 Å². The van der Waals surface area contributed by atoms with Crippen molar-refractivity contribution in [3.63, 3.8) is 0 Å². The van der Waals surface area contributed by atoms with Crippen molar-refractivity contribution in [2.24, 2.45) is 13.0 Å². The Morgan fingerprint density at radius 1 is 1.24 bits per heavy atom. The Morgan fingerprint density at radius 2 is 1.92 bits per heavy atom. The van der Waals surface area contributed by atoms with Crippen LogP contribution in [-0.2, 0) is 18.3 Å². The quantitative estimate of drug-likeness (QED) is 0.890.